The molecule has 0 radical (unpaired) electrons. The molecule has 2 bridgehead atoms. The minimum Gasteiger partial charge on any atom is -0.493 e. The highest BCUT2D eigenvalue weighted by Crippen LogP contribution is 2.52. The lowest BCUT2D eigenvalue weighted by Crippen LogP contribution is -2.61. The van der Waals surface area contributed by atoms with Crippen LogP contribution in [0.3, 0.4) is 0 Å². The topological polar surface area (TPSA) is 38.8 Å². The summed E-state index contributed by atoms with van der Waals surface area (Å²) in [6, 6.07) is 10.9. The zero-order valence-corrected chi connectivity index (χ0v) is 17.2. The molecule has 3 fully saturated rings. The van der Waals surface area contributed by atoms with Crippen molar-refractivity contribution in [3.05, 3.63) is 59.4 Å². The van der Waals surface area contributed by atoms with Crippen molar-refractivity contribution in [2.24, 2.45) is 0 Å². The summed E-state index contributed by atoms with van der Waals surface area (Å²) in [4.78, 5) is 14.9. The van der Waals surface area contributed by atoms with E-state index in [0.29, 0.717) is 12.1 Å². The van der Waals surface area contributed by atoms with E-state index in [1.54, 1.807) is 4.90 Å². The van der Waals surface area contributed by atoms with Crippen LogP contribution in [0, 0.1) is 5.82 Å². The lowest BCUT2D eigenvalue weighted by Gasteiger charge is -2.58. The van der Waals surface area contributed by atoms with Gasteiger partial charge in [-0.15, -0.1) is 0 Å². The lowest BCUT2D eigenvalue weighted by atomic mass is 9.57. The number of hydrogen-bond donors (Lipinski definition) is 0. The maximum absolute atomic E-state index is 13.2. The van der Waals surface area contributed by atoms with E-state index in [1.807, 2.05) is 12.1 Å². The van der Waals surface area contributed by atoms with Crippen molar-refractivity contribution in [2.45, 2.75) is 49.9 Å². The number of amides is 1. The van der Waals surface area contributed by atoms with Gasteiger partial charge in [0.25, 0.3) is 5.91 Å². The van der Waals surface area contributed by atoms with E-state index < -0.39 is 12.3 Å². The molecule has 2 aromatic rings. The van der Waals surface area contributed by atoms with Crippen LogP contribution < -0.4 is 9.47 Å². The summed E-state index contributed by atoms with van der Waals surface area (Å²) >= 11 is 0. The van der Waals surface area contributed by atoms with E-state index in [1.165, 1.54) is 37.4 Å². The molecule has 166 valence electrons. The molecule has 2 aliphatic heterocycles. The zero-order valence-electron chi connectivity index (χ0n) is 17.2. The molecular formula is C23H23F4NO3. The summed E-state index contributed by atoms with van der Waals surface area (Å²) in [6.45, 7) is 1.47. The first-order valence-corrected chi connectivity index (χ1v) is 10.1. The smallest absolute Gasteiger partial charge is 0.425 e. The first-order chi connectivity index (χ1) is 14.6. The van der Waals surface area contributed by atoms with Crippen LogP contribution in [0.4, 0.5) is 17.6 Å². The molecule has 8 heteroatoms. The molecule has 5 rings (SSSR count). The summed E-state index contributed by atoms with van der Waals surface area (Å²) in [6.07, 6.45) is -4.10. The molecule has 2 aromatic carbocycles. The van der Waals surface area contributed by atoms with Gasteiger partial charge in [0.1, 0.15) is 5.82 Å². The van der Waals surface area contributed by atoms with Crippen LogP contribution in [-0.2, 0) is 5.41 Å². The molecular weight excluding hydrogens is 414 g/mol. The highest BCUT2D eigenvalue weighted by molar-refractivity contribution is 5.95. The highest BCUT2D eigenvalue weighted by atomic mass is 19.4. The summed E-state index contributed by atoms with van der Waals surface area (Å²) in [7, 11) is 1.32. The van der Waals surface area contributed by atoms with Gasteiger partial charge in [0, 0.05) is 23.6 Å². The minimum atomic E-state index is -4.51. The second-order valence-corrected chi connectivity index (χ2v) is 8.27. The molecule has 1 aliphatic carbocycles. The van der Waals surface area contributed by atoms with Gasteiger partial charge in [-0.05, 0) is 62.1 Å². The zero-order chi connectivity index (χ0) is 22.4. The number of piperidine rings is 2. The molecule has 0 N–H and O–H groups in total. The van der Waals surface area contributed by atoms with Gasteiger partial charge in [-0.25, -0.2) is 4.39 Å². The number of carbonyl (C=O) groups excluding carboxylic acids is 1. The molecule has 2 saturated heterocycles. The number of alkyl halides is 3. The van der Waals surface area contributed by atoms with Gasteiger partial charge in [-0.2, -0.15) is 13.2 Å². The Morgan fingerprint density at radius 1 is 1.13 bits per heavy atom. The van der Waals surface area contributed by atoms with Crippen molar-refractivity contribution >= 4 is 5.91 Å². The first-order valence-electron chi connectivity index (χ1n) is 10.1. The van der Waals surface area contributed by atoms with Crippen molar-refractivity contribution in [3.8, 4) is 11.5 Å². The molecule has 1 atom stereocenters. The number of hydrogen-bond acceptors (Lipinski definition) is 3. The van der Waals surface area contributed by atoms with Crippen LogP contribution in [-0.4, -0.2) is 42.8 Å². The van der Waals surface area contributed by atoms with E-state index in [0.717, 1.165) is 31.7 Å². The summed E-state index contributed by atoms with van der Waals surface area (Å²) in [5.74, 6) is -0.449. The Labute approximate surface area is 177 Å². The summed E-state index contributed by atoms with van der Waals surface area (Å²) in [5.41, 5.74) is 1.42. The predicted octanol–water partition coefficient (Wildman–Crippen LogP) is 5.11. The number of fused-ring (bicyclic) bond motifs is 2. The lowest BCUT2D eigenvalue weighted by molar-refractivity contribution is -0.189. The molecule has 1 saturated carbocycles. The van der Waals surface area contributed by atoms with Gasteiger partial charge in [-0.1, -0.05) is 12.1 Å². The van der Waals surface area contributed by atoms with E-state index >= 15 is 0 Å². The normalized spacial score (nSPS) is 23.7. The molecule has 3 aliphatic rings. The second kappa shape index (κ2) is 7.73. The standard InChI is InChI=1S/C23H23F4NO3/c1-14(23(25,26)27)31-19-8-3-15(11-20(19)30-2)21(29)28-10-9-22(12-18(28)13-22)16-4-6-17(24)7-5-16/h3-8,11,14,18H,9-10,12-13H2,1-2H3. The van der Waals surface area contributed by atoms with Crippen LogP contribution >= 0.6 is 0 Å². The Balaban J connectivity index is 1.46. The van der Waals surface area contributed by atoms with Gasteiger partial charge in [-0.3, -0.25) is 4.79 Å². The fraction of sp³-hybridized carbons (Fsp3) is 0.435. The number of ether oxygens (including phenoxy) is 2. The quantitative estimate of drug-likeness (QED) is 0.611. The second-order valence-electron chi connectivity index (χ2n) is 8.27. The number of carbonyl (C=O) groups is 1. The van der Waals surface area contributed by atoms with Crippen LogP contribution in [0.2, 0.25) is 0 Å². The Morgan fingerprint density at radius 2 is 1.81 bits per heavy atom. The van der Waals surface area contributed by atoms with Crippen molar-refractivity contribution in [2.75, 3.05) is 13.7 Å². The Bertz CT molecular complexity index is 962. The van der Waals surface area contributed by atoms with Crippen LogP contribution in [0.15, 0.2) is 42.5 Å². The monoisotopic (exact) mass is 437 g/mol. The summed E-state index contributed by atoms with van der Waals surface area (Å²) < 4.78 is 61.8. The SMILES string of the molecule is COc1cc(C(=O)N2CCC3(c4ccc(F)cc4)CC2C3)ccc1OC(C)C(F)(F)F. The third kappa shape index (κ3) is 3.95. The molecule has 1 unspecified atom stereocenters. The average Bonchev–Trinajstić information content (AvgIpc) is 2.72. The van der Waals surface area contributed by atoms with E-state index in [-0.39, 0.29) is 34.7 Å². The number of halogens is 4. The predicted molar refractivity (Wildman–Crippen MR) is 106 cm³/mol. The number of nitrogens with zero attached hydrogens (tertiary/aromatic N) is 1. The van der Waals surface area contributed by atoms with Gasteiger partial charge >= 0.3 is 6.18 Å². The van der Waals surface area contributed by atoms with E-state index in [4.69, 9.17) is 9.47 Å². The molecule has 1 amide bonds. The number of methoxy groups -OCH3 is 1. The minimum absolute atomic E-state index is 0.0156. The van der Waals surface area contributed by atoms with E-state index in [9.17, 15) is 22.4 Å². The Hall–Kier alpha value is -2.77. The maximum Gasteiger partial charge on any atom is 0.425 e. The van der Waals surface area contributed by atoms with Gasteiger partial charge < -0.3 is 14.4 Å². The summed E-state index contributed by atoms with van der Waals surface area (Å²) in [5, 5.41) is 0. The van der Waals surface area contributed by atoms with E-state index in [2.05, 4.69) is 0 Å². The maximum atomic E-state index is 13.2. The molecule has 31 heavy (non-hydrogen) atoms. The van der Waals surface area contributed by atoms with Crippen molar-refractivity contribution in [1.82, 2.24) is 4.90 Å². The van der Waals surface area contributed by atoms with Crippen LogP contribution in [0.5, 0.6) is 11.5 Å². The average molecular weight is 437 g/mol. The number of rotatable bonds is 5. The molecule has 0 spiro atoms. The Kier molecular flexibility index (Phi) is 5.35. The third-order valence-electron chi connectivity index (χ3n) is 6.42. The van der Waals surface area contributed by atoms with Crippen molar-refractivity contribution < 1.29 is 31.8 Å². The fourth-order valence-corrected chi connectivity index (χ4v) is 4.56. The molecule has 0 aromatic heterocycles. The number of benzene rings is 2. The van der Waals surface area contributed by atoms with Gasteiger partial charge in [0.2, 0.25) is 0 Å². The van der Waals surface area contributed by atoms with Crippen LogP contribution in [0.25, 0.3) is 0 Å². The van der Waals surface area contributed by atoms with Crippen molar-refractivity contribution in [1.29, 1.82) is 0 Å². The van der Waals surface area contributed by atoms with Crippen molar-refractivity contribution in [3.63, 3.8) is 0 Å². The van der Waals surface area contributed by atoms with Gasteiger partial charge in [0.15, 0.2) is 17.6 Å². The third-order valence-corrected chi connectivity index (χ3v) is 6.42. The molecule has 2 heterocycles. The first kappa shape index (κ1) is 21.5. The molecule has 4 nitrogen and oxygen atoms in total. The largest absolute Gasteiger partial charge is 0.493 e. The fourth-order valence-electron chi connectivity index (χ4n) is 4.56. The highest BCUT2D eigenvalue weighted by Gasteiger charge is 2.52. The van der Waals surface area contributed by atoms with Gasteiger partial charge in [0.05, 0.1) is 7.11 Å². The van der Waals surface area contributed by atoms with Crippen LogP contribution in [0.1, 0.15) is 42.1 Å². The Morgan fingerprint density at radius 3 is 2.35 bits per heavy atom.